The Bertz CT molecular complexity index is 609. The molecular formula is C14H18N4O. The number of carbonyl (C=O) groups excluding carboxylic acids is 1. The van der Waals surface area contributed by atoms with Crippen LogP contribution in [0.3, 0.4) is 0 Å². The van der Waals surface area contributed by atoms with Crippen LogP contribution in [0.15, 0.2) is 30.6 Å². The van der Waals surface area contributed by atoms with Crippen molar-refractivity contribution in [3.05, 3.63) is 30.6 Å². The van der Waals surface area contributed by atoms with Gasteiger partial charge in [-0.3, -0.25) is 9.78 Å². The van der Waals surface area contributed by atoms with Crippen molar-refractivity contribution in [2.24, 2.45) is 0 Å². The second-order valence-electron chi connectivity index (χ2n) is 4.74. The molecule has 1 aromatic carbocycles. The lowest BCUT2D eigenvalue weighted by atomic mass is 10.1. The van der Waals surface area contributed by atoms with Crippen molar-refractivity contribution in [3.63, 3.8) is 0 Å². The van der Waals surface area contributed by atoms with Gasteiger partial charge in [-0.15, -0.1) is 0 Å². The smallest absolute Gasteiger partial charge is 0.241 e. The van der Waals surface area contributed by atoms with E-state index in [0.29, 0.717) is 12.2 Å². The molecule has 0 saturated heterocycles. The molecule has 0 fully saturated rings. The van der Waals surface area contributed by atoms with Gasteiger partial charge in [-0.1, -0.05) is 6.07 Å². The number of anilines is 2. The fourth-order valence-corrected chi connectivity index (χ4v) is 1.94. The van der Waals surface area contributed by atoms with Crippen LogP contribution in [0.25, 0.3) is 10.8 Å². The fraction of sp³-hybridized carbons (Fsp3) is 0.286. The molecule has 0 saturated carbocycles. The van der Waals surface area contributed by atoms with Gasteiger partial charge < -0.3 is 15.5 Å². The number of benzene rings is 1. The zero-order valence-corrected chi connectivity index (χ0v) is 11.4. The zero-order chi connectivity index (χ0) is 14.0. The van der Waals surface area contributed by atoms with Gasteiger partial charge in [-0.2, -0.15) is 0 Å². The number of fused-ring (bicyclic) bond motifs is 1. The average molecular weight is 258 g/mol. The quantitative estimate of drug-likeness (QED) is 0.844. The summed E-state index contributed by atoms with van der Waals surface area (Å²) in [7, 11) is 5.34. The summed E-state index contributed by atoms with van der Waals surface area (Å²) in [5, 5.41) is 1.95. The minimum atomic E-state index is 0.0386. The molecular weight excluding hydrogens is 240 g/mol. The zero-order valence-electron chi connectivity index (χ0n) is 11.4. The Morgan fingerprint density at radius 3 is 2.68 bits per heavy atom. The van der Waals surface area contributed by atoms with Gasteiger partial charge in [-0.25, -0.2) is 0 Å². The summed E-state index contributed by atoms with van der Waals surface area (Å²) in [6.07, 6.45) is 3.49. The monoisotopic (exact) mass is 258 g/mol. The van der Waals surface area contributed by atoms with Gasteiger partial charge in [0, 0.05) is 44.3 Å². The molecule has 0 bridgehead atoms. The van der Waals surface area contributed by atoms with Crippen molar-refractivity contribution in [2.45, 2.75) is 0 Å². The Morgan fingerprint density at radius 2 is 2.00 bits per heavy atom. The number of pyridine rings is 1. The van der Waals surface area contributed by atoms with Crippen LogP contribution in [0.4, 0.5) is 11.4 Å². The normalized spacial score (nSPS) is 10.5. The first-order valence-electron chi connectivity index (χ1n) is 6.04. The van der Waals surface area contributed by atoms with Crippen LogP contribution in [-0.4, -0.2) is 43.5 Å². The number of nitrogens with zero attached hydrogens (tertiary/aromatic N) is 3. The van der Waals surface area contributed by atoms with Crippen LogP contribution in [0.5, 0.6) is 0 Å². The molecule has 1 heterocycles. The summed E-state index contributed by atoms with van der Waals surface area (Å²) < 4.78 is 0. The molecule has 2 N–H and O–H groups in total. The Morgan fingerprint density at radius 1 is 1.26 bits per heavy atom. The van der Waals surface area contributed by atoms with Crippen LogP contribution in [0.1, 0.15) is 0 Å². The Labute approximate surface area is 112 Å². The number of carbonyl (C=O) groups is 1. The molecule has 5 nitrogen and oxygen atoms in total. The predicted octanol–water partition coefficient (Wildman–Crippen LogP) is 1.34. The molecule has 0 spiro atoms. The lowest BCUT2D eigenvalue weighted by Crippen LogP contribution is -2.34. The molecule has 0 aliphatic rings. The van der Waals surface area contributed by atoms with Crippen molar-refractivity contribution >= 4 is 28.1 Å². The van der Waals surface area contributed by atoms with Crippen molar-refractivity contribution < 1.29 is 4.79 Å². The number of amides is 1. The van der Waals surface area contributed by atoms with E-state index in [9.17, 15) is 4.79 Å². The van der Waals surface area contributed by atoms with Crippen LogP contribution < -0.4 is 10.6 Å². The first-order valence-corrected chi connectivity index (χ1v) is 6.04. The number of nitrogens with two attached hydrogens (primary N) is 1. The molecule has 0 unspecified atom stereocenters. The van der Waals surface area contributed by atoms with Gasteiger partial charge in [-0.05, 0) is 12.1 Å². The second-order valence-corrected chi connectivity index (χ2v) is 4.74. The molecule has 2 rings (SSSR count). The number of nitrogen functional groups attached to an aromatic ring is 1. The number of aromatic nitrogens is 1. The molecule has 100 valence electrons. The van der Waals surface area contributed by atoms with E-state index in [1.54, 1.807) is 31.4 Å². The number of hydrogen-bond donors (Lipinski definition) is 1. The Balaban J connectivity index is 2.35. The average Bonchev–Trinajstić information content (AvgIpc) is 2.39. The molecule has 0 aliphatic heterocycles. The van der Waals surface area contributed by atoms with Crippen LogP contribution in [0, 0.1) is 0 Å². The Hall–Kier alpha value is -2.30. The third-order valence-electron chi connectivity index (χ3n) is 3.12. The maximum absolute atomic E-state index is 11.7. The van der Waals surface area contributed by atoms with E-state index in [-0.39, 0.29) is 5.91 Å². The van der Waals surface area contributed by atoms with Gasteiger partial charge in [0.25, 0.3) is 0 Å². The van der Waals surface area contributed by atoms with Crippen molar-refractivity contribution in [1.82, 2.24) is 9.88 Å². The lowest BCUT2D eigenvalue weighted by Gasteiger charge is -2.23. The van der Waals surface area contributed by atoms with E-state index >= 15 is 0 Å². The summed E-state index contributed by atoms with van der Waals surface area (Å²) >= 11 is 0. The minimum Gasteiger partial charge on any atom is -0.397 e. The summed E-state index contributed by atoms with van der Waals surface area (Å²) in [4.78, 5) is 19.2. The highest BCUT2D eigenvalue weighted by Gasteiger charge is 2.13. The molecule has 2 aromatic rings. The first-order chi connectivity index (χ1) is 9.00. The van der Waals surface area contributed by atoms with E-state index in [2.05, 4.69) is 4.98 Å². The van der Waals surface area contributed by atoms with Crippen LogP contribution in [-0.2, 0) is 4.79 Å². The standard InChI is InChI=1S/C14H18N4O/c1-17(2)13(19)9-18(3)12-5-4-10-8-16-7-6-11(10)14(12)15/h4-8H,9,15H2,1-3H3. The van der Waals surface area contributed by atoms with Gasteiger partial charge in [0.2, 0.25) is 5.91 Å². The lowest BCUT2D eigenvalue weighted by molar-refractivity contribution is -0.127. The van der Waals surface area contributed by atoms with Gasteiger partial charge >= 0.3 is 0 Å². The van der Waals surface area contributed by atoms with Gasteiger partial charge in [0.05, 0.1) is 17.9 Å². The summed E-state index contributed by atoms with van der Waals surface area (Å²) in [6.45, 7) is 0.299. The van der Waals surface area contributed by atoms with E-state index in [4.69, 9.17) is 5.73 Å². The first kappa shape index (κ1) is 13.1. The highest BCUT2D eigenvalue weighted by molar-refractivity contribution is 5.99. The molecule has 5 heteroatoms. The molecule has 1 aromatic heterocycles. The summed E-state index contributed by atoms with van der Waals surface area (Å²) in [6, 6.07) is 5.77. The fourth-order valence-electron chi connectivity index (χ4n) is 1.94. The second kappa shape index (κ2) is 5.14. The third kappa shape index (κ3) is 2.59. The third-order valence-corrected chi connectivity index (χ3v) is 3.12. The topological polar surface area (TPSA) is 62.5 Å². The molecule has 0 radical (unpaired) electrons. The SMILES string of the molecule is CN(C)C(=O)CN(C)c1ccc2cnccc2c1N. The maximum Gasteiger partial charge on any atom is 0.241 e. The summed E-state index contributed by atoms with van der Waals surface area (Å²) in [5.74, 6) is 0.0386. The minimum absolute atomic E-state index is 0.0386. The number of hydrogen-bond acceptors (Lipinski definition) is 4. The predicted molar refractivity (Wildman–Crippen MR) is 78.1 cm³/mol. The highest BCUT2D eigenvalue weighted by Crippen LogP contribution is 2.30. The number of rotatable bonds is 3. The largest absolute Gasteiger partial charge is 0.397 e. The van der Waals surface area contributed by atoms with Crippen molar-refractivity contribution in [3.8, 4) is 0 Å². The molecule has 0 atom stereocenters. The van der Waals surface area contributed by atoms with Crippen molar-refractivity contribution in [2.75, 3.05) is 38.3 Å². The van der Waals surface area contributed by atoms with E-state index < -0.39 is 0 Å². The molecule has 1 amide bonds. The maximum atomic E-state index is 11.7. The van der Waals surface area contributed by atoms with E-state index in [0.717, 1.165) is 16.5 Å². The van der Waals surface area contributed by atoms with Gasteiger partial charge in [0.1, 0.15) is 0 Å². The van der Waals surface area contributed by atoms with Gasteiger partial charge in [0.15, 0.2) is 0 Å². The van der Waals surface area contributed by atoms with E-state index in [1.807, 2.05) is 30.1 Å². The van der Waals surface area contributed by atoms with Crippen molar-refractivity contribution in [1.29, 1.82) is 0 Å². The summed E-state index contributed by atoms with van der Waals surface area (Å²) in [5.41, 5.74) is 7.71. The highest BCUT2D eigenvalue weighted by atomic mass is 16.2. The van der Waals surface area contributed by atoms with Crippen LogP contribution in [0.2, 0.25) is 0 Å². The van der Waals surface area contributed by atoms with Crippen LogP contribution >= 0.6 is 0 Å². The van der Waals surface area contributed by atoms with E-state index in [1.165, 1.54) is 0 Å². The Kier molecular flexibility index (Phi) is 3.55. The molecule has 0 aliphatic carbocycles. The number of likely N-dealkylation sites (N-methyl/N-ethyl adjacent to an activating group) is 2. The molecule has 19 heavy (non-hydrogen) atoms.